The summed E-state index contributed by atoms with van der Waals surface area (Å²) >= 11 is 0. The third kappa shape index (κ3) is 26.8. The molecule has 0 spiro atoms. The Bertz CT molecular complexity index is 298. The molecule has 0 aliphatic heterocycles. The number of carbonyl (C=O) groups is 4. The minimum atomic E-state index is -1.27. The molecular weight excluding hydrogens is 347 g/mol. The molecule has 12 nitrogen and oxygen atoms in total. The molecule has 0 aromatic rings. The zero-order valence-corrected chi connectivity index (χ0v) is 11.9. The third-order valence-electron chi connectivity index (χ3n) is 1.27. The zero-order valence-electron chi connectivity index (χ0n) is 10.5. The van der Waals surface area contributed by atoms with Crippen molar-refractivity contribution in [2.45, 2.75) is 7.43 Å². The normalized spacial score (nSPS) is 8.91. The Morgan fingerprint density at radius 3 is 0.818 bits per heavy atom. The summed E-state index contributed by atoms with van der Waals surface area (Å²) in [5.41, 5.74) is 0. The van der Waals surface area contributed by atoms with Crippen molar-refractivity contribution in [3.05, 3.63) is 0 Å². The van der Waals surface area contributed by atoms with Crippen molar-refractivity contribution in [1.29, 1.82) is 0 Å². The van der Waals surface area contributed by atoms with Crippen molar-refractivity contribution in [3.8, 4) is 0 Å². The number of hydrogen-bond donors (Lipinski definition) is 6. The predicted molar refractivity (Wildman–Crippen MR) is 64.0 cm³/mol. The van der Waals surface area contributed by atoms with Crippen molar-refractivity contribution in [2.75, 3.05) is 26.2 Å². The number of aliphatic carboxylic acids is 4. The second kappa shape index (κ2) is 15.7. The molecule has 0 aliphatic carbocycles. The van der Waals surface area contributed by atoms with Gasteiger partial charge in [-0.2, -0.15) is 10.1 Å². The SMILES string of the molecule is C.O=C(O)CN(O)CC(=O)O.O=C(O)CN(O)CC(=O)O.[V+2]. The molecule has 0 saturated carbocycles. The van der Waals surface area contributed by atoms with E-state index in [1.165, 1.54) is 0 Å². The molecule has 22 heavy (non-hydrogen) atoms. The van der Waals surface area contributed by atoms with E-state index < -0.39 is 50.1 Å². The van der Waals surface area contributed by atoms with E-state index in [1.807, 2.05) is 0 Å². The van der Waals surface area contributed by atoms with Gasteiger partial charge in [0, 0.05) is 0 Å². The number of carboxylic acids is 4. The van der Waals surface area contributed by atoms with Gasteiger partial charge in [0.05, 0.1) is 0 Å². The van der Waals surface area contributed by atoms with E-state index in [-0.39, 0.29) is 36.1 Å². The number of rotatable bonds is 8. The Labute approximate surface area is 137 Å². The molecule has 1 radical (unpaired) electrons. The first-order valence-corrected chi connectivity index (χ1v) is 4.79. The summed E-state index contributed by atoms with van der Waals surface area (Å²) in [5, 5.41) is 49.3. The molecule has 127 valence electrons. The third-order valence-corrected chi connectivity index (χ3v) is 1.27. The maximum atomic E-state index is 9.80. The Balaban J connectivity index is -0.000000135. The molecule has 0 heterocycles. The Kier molecular flexibility index (Phi) is 20.3. The van der Waals surface area contributed by atoms with E-state index in [0.29, 0.717) is 0 Å². The molecule has 0 atom stereocenters. The van der Waals surface area contributed by atoms with Gasteiger partial charge in [-0.3, -0.25) is 19.2 Å². The van der Waals surface area contributed by atoms with Gasteiger partial charge in [0.1, 0.15) is 26.2 Å². The average Bonchev–Trinajstić information content (AvgIpc) is 2.11. The first-order valence-electron chi connectivity index (χ1n) is 4.79. The molecule has 0 amide bonds. The Morgan fingerprint density at radius 2 is 0.727 bits per heavy atom. The standard InChI is InChI=1S/2C4H7NO5.CH4.V/c2*6-3(7)1-5(10)2-4(8)9;;/h2*10H,1-2H2,(H,6,7)(H,8,9);1H4;/q;;;+2. The van der Waals surface area contributed by atoms with Crippen molar-refractivity contribution in [2.24, 2.45) is 0 Å². The van der Waals surface area contributed by atoms with Crippen LogP contribution in [0.25, 0.3) is 0 Å². The van der Waals surface area contributed by atoms with E-state index in [9.17, 15) is 19.2 Å². The molecule has 0 rings (SSSR count). The van der Waals surface area contributed by atoms with Crippen LogP contribution < -0.4 is 0 Å². The summed E-state index contributed by atoms with van der Waals surface area (Å²) in [6.45, 7) is -2.75. The van der Waals surface area contributed by atoms with Gasteiger partial charge in [-0.25, -0.2) is 0 Å². The topological polar surface area (TPSA) is 196 Å². The minimum absolute atomic E-state index is 0. The van der Waals surface area contributed by atoms with Crippen molar-refractivity contribution in [3.63, 3.8) is 0 Å². The summed E-state index contributed by atoms with van der Waals surface area (Å²) in [6.07, 6.45) is 0. The fraction of sp³-hybridized carbons (Fsp3) is 0.556. The van der Waals surface area contributed by atoms with Gasteiger partial charge in [0.25, 0.3) is 0 Å². The van der Waals surface area contributed by atoms with Crippen LogP contribution in [0.3, 0.4) is 0 Å². The summed E-state index contributed by atoms with van der Waals surface area (Å²) in [5.74, 6) is -5.10. The number of hydrogen-bond acceptors (Lipinski definition) is 8. The van der Waals surface area contributed by atoms with Crippen LogP contribution in [-0.2, 0) is 37.7 Å². The second-order valence-corrected chi connectivity index (χ2v) is 3.22. The summed E-state index contributed by atoms with van der Waals surface area (Å²) in [4.78, 5) is 39.2. The number of nitrogens with zero attached hydrogens (tertiary/aromatic N) is 2. The summed E-state index contributed by atoms with van der Waals surface area (Å²) in [6, 6.07) is 0. The van der Waals surface area contributed by atoms with Crippen molar-refractivity contribution >= 4 is 23.9 Å². The monoisotopic (exact) mass is 365 g/mol. The summed E-state index contributed by atoms with van der Waals surface area (Å²) < 4.78 is 0. The molecule has 6 N–H and O–H groups in total. The molecule has 0 aromatic carbocycles. The van der Waals surface area contributed by atoms with Crippen LogP contribution in [0, 0.1) is 0 Å². The number of carboxylic acid groups (broad SMARTS) is 4. The van der Waals surface area contributed by atoms with Crippen LogP contribution in [-0.4, -0.2) is 91.0 Å². The van der Waals surface area contributed by atoms with Gasteiger partial charge in [0.15, 0.2) is 0 Å². The number of hydroxylamine groups is 4. The fourth-order valence-electron chi connectivity index (χ4n) is 0.736. The first-order chi connectivity index (χ1) is 9.04. The molecular formula is C9H18N2O10V+2. The zero-order chi connectivity index (χ0) is 16.3. The minimum Gasteiger partial charge on any atom is -0.480 e. The van der Waals surface area contributed by atoms with Crippen LogP contribution in [0.5, 0.6) is 0 Å². The maximum absolute atomic E-state index is 9.80. The van der Waals surface area contributed by atoms with E-state index in [4.69, 9.17) is 30.8 Å². The quantitative estimate of drug-likeness (QED) is 0.268. The second-order valence-electron chi connectivity index (χ2n) is 3.22. The van der Waals surface area contributed by atoms with Crippen molar-refractivity contribution in [1.82, 2.24) is 10.1 Å². The molecule has 13 heteroatoms. The van der Waals surface area contributed by atoms with E-state index in [2.05, 4.69) is 0 Å². The predicted octanol–water partition coefficient (Wildman–Crippen LogP) is -1.67. The fourth-order valence-corrected chi connectivity index (χ4v) is 0.736. The van der Waals surface area contributed by atoms with E-state index in [0.717, 1.165) is 0 Å². The van der Waals surface area contributed by atoms with E-state index in [1.54, 1.807) is 0 Å². The van der Waals surface area contributed by atoms with Gasteiger partial charge in [0.2, 0.25) is 0 Å². The van der Waals surface area contributed by atoms with E-state index >= 15 is 0 Å². The van der Waals surface area contributed by atoms with Gasteiger partial charge in [-0.15, -0.1) is 0 Å². The van der Waals surface area contributed by atoms with Crippen LogP contribution >= 0.6 is 0 Å². The van der Waals surface area contributed by atoms with Crippen LogP contribution in [0.4, 0.5) is 0 Å². The van der Waals surface area contributed by atoms with Gasteiger partial charge < -0.3 is 30.8 Å². The molecule has 0 bridgehead atoms. The Hall–Kier alpha value is -1.70. The average molecular weight is 365 g/mol. The summed E-state index contributed by atoms with van der Waals surface area (Å²) in [7, 11) is 0. The molecule has 0 unspecified atom stereocenters. The van der Waals surface area contributed by atoms with Gasteiger partial charge in [-0.05, 0) is 0 Å². The van der Waals surface area contributed by atoms with Crippen LogP contribution in [0.2, 0.25) is 0 Å². The van der Waals surface area contributed by atoms with Crippen molar-refractivity contribution < 1.29 is 68.6 Å². The molecule has 0 aliphatic rings. The smallest absolute Gasteiger partial charge is 0.480 e. The van der Waals surface area contributed by atoms with Crippen LogP contribution in [0.15, 0.2) is 0 Å². The molecule has 0 fully saturated rings. The largest absolute Gasteiger partial charge is 2.00 e. The molecule has 0 saturated heterocycles. The van der Waals surface area contributed by atoms with Gasteiger partial charge >= 0.3 is 42.4 Å². The van der Waals surface area contributed by atoms with Crippen LogP contribution in [0.1, 0.15) is 7.43 Å². The Morgan fingerprint density at radius 1 is 0.591 bits per heavy atom. The van der Waals surface area contributed by atoms with Gasteiger partial charge in [-0.1, -0.05) is 7.43 Å². The molecule has 0 aromatic heterocycles. The maximum Gasteiger partial charge on any atom is 2.00 e. The first kappa shape index (κ1) is 28.5.